The number of furan rings is 1. The van der Waals surface area contributed by atoms with E-state index in [2.05, 4.69) is 5.32 Å². The van der Waals surface area contributed by atoms with Gasteiger partial charge in [0.15, 0.2) is 5.76 Å². The molecular weight excluding hydrogens is 495 g/mol. The van der Waals surface area contributed by atoms with Gasteiger partial charge in [0.05, 0.1) is 12.6 Å². The summed E-state index contributed by atoms with van der Waals surface area (Å²) in [6, 6.07) is 7.20. The van der Waals surface area contributed by atoms with E-state index >= 15 is 4.39 Å². The maximum absolute atomic E-state index is 15.2. The zero-order valence-corrected chi connectivity index (χ0v) is 20.8. The van der Waals surface area contributed by atoms with Crippen LogP contribution in [0.4, 0.5) is 10.3 Å². The van der Waals surface area contributed by atoms with Crippen molar-refractivity contribution in [1.29, 1.82) is 0 Å². The van der Waals surface area contributed by atoms with Crippen LogP contribution in [0.5, 0.6) is 0 Å². The van der Waals surface area contributed by atoms with Gasteiger partial charge >= 0.3 is 11.9 Å². The van der Waals surface area contributed by atoms with Crippen LogP contribution in [0.2, 0.25) is 0 Å². The van der Waals surface area contributed by atoms with Crippen LogP contribution < -0.4 is 5.32 Å². The van der Waals surface area contributed by atoms with Crippen LogP contribution in [0.25, 0.3) is 5.57 Å². The van der Waals surface area contributed by atoms with Crippen molar-refractivity contribution in [2.75, 3.05) is 6.54 Å². The Kier molecular flexibility index (Phi) is 7.52. The van der Waals surface area contributed by atoms with Crippen molar-refractivity contribution in [2.24, 2.45) is 0 Å². The number of rotatable bonds is 8. The number of hydrogen-bond donors (Lipinski definition) is 1. The van der Waals surface area contributed by atoms with E-state index in [1.165, 1.54) is 25.1 Å². The van der Waals surface area contributed by atoms with Crippen molar-refractivity contribution in [3.63, 3.8) is 0 Å². The van der Waals surface area contributed by atoms with E-state index in [0.29, 0.717) is 29.5 Å². The average molecular weight is 521 g/mol. The molecule has 0 saturated carbocycles. The lowest BCUT2D eigenvalue weighted by Gasteiger charge is -2.33. The Morgan fingerprint density at radius 2 is 2.03 bits per heavy atom. The lowest BCUT2D eigenvalue weighted by Crippen LogP contribution is -2.45. The Hall–Kier alpha value is -4.60. The third-order valence-electron chi connectivity index (χ3n) is 6.16. The summed E-state index contributed by atoms with van der Waals surface area (Å²) in [4.78, 5) is 46.2. The van der Waals surface area contributed by atoms with Crippen molar-refractivity contribution in [3.05, 3.63) is 105 Å². The summed E-state index contributed by atoms with van der Waals surface area (Å²) in [5.74, 6) is -2.37. The molecule has 9 nitrogen and oxygen atoms in total. The summed E-state index contributed by atoms with van der Waals surface area (Å²) in [7, 11) is 0. The Balaban J connectivity index is 1.45. The third kappa shape index (κ3) is 6.20. The van der Waals surface area contributed by atoms with Crippen molar-refractivity contribution in [1.82, 2.24) is 5.32 Å². The van der Waals surface area contributed by atoms with E-state index in [0.717, 1.165) is 11.6 Å². The van der Waals surface area contributed by atoms with Crippen LogP contribution in [0.15, 0.2) is 76.3 Å². The molecule has 1 aromatic carbocycles. The molecule has 1 N–H and O–H groups in total. The summed E-state index contributed by atoms with van der Waals surface area (Å²) in [5, 5.41) is 13.5. The highest BCUT2D eigenvalue weighted by Crippen LogP contribution is 2.30. The van der Waals surface area contributed by atoms with E-state index in [1.54, 1.807) is 43.4 Å². The average Bonchev–Trinajstić information content (AvgIpc) is 3.22. The molecule has 4 rings (SSSR count). The van der Waals surface area contributed by atoms with Gasteiger partial charge < -0.3 is 14.5 Å². The fourth-order valence-electron chi connectivity index (χ4n) is 4.40. The topological polar surface area (TPSA) is 129 Å². The van der Waals surface area contributed by atoms with Gasteiger partial charge in [-0.3, -0.25) is 19.7 Å². The van der Waals surface area contributed by atoms with Gasteiger partial charge in [0.2, 0.25) is 11.7 Å². The maximum Gasteiger partial charge on any atom is 0.433 e. The second-order valence-electron chi connectivity index (χ2n) is 9.39. The highest BCUT2D eigenvalue weighted by atomic mass is 19.1. The Morgan fingerprint density at radius 3 is 2.71 bits per heavy atom. The Bertz CT molecular complexity index is 1450. The number of esters is 1. The zero-order chi connectivity index (χ0) is 27.4. The van der Waals surface area contributed by atoms with Gasteiger partial charge in [-0.25, -0.2) is 9.18 Å². The van der Waals surface area contributed by atoms with Crippen LogP contribution >= 0.6 is 0 Å². The fourth-order valence-corrected chi connectivity index (χ4v) is 4.40. The molecule has 10 heteroatoms. The smallest absolute Gasteiger partial charge is 0.433 e. The fraction of sp³-hybridized carbons (Fsp3) is 0.250. The minimum atomic E-state index is -0.884. The van der Waals surface area contributed by atoms with E-state index < -0.39 is 34.0 Å². The summed E-state index contributed by atoms with van der Waals surface area (Å²) in [6.07, 6.45) is 8.88. The van der Waals surface area contributed by atoms with Crippen molar-refractivity contribution in [3.8, 4) is 0 Å². The number of nitrogens with one attached hydrogen (secondary N) is 1. The molecule has 0 saturated heterocycles. The standard InChI is InChI=1S/C28H25FN2O7/c1-17(32)30-16-28(2)15-19(14-26(33)38-28)12-18-6-9-22(23(29)13-18)20-4-3-5-21(8-7-20)27(34)24-10-11-25(37-24)31(35)36/h3-6,8-11,13-14H,7,12,15-16H2,1-2H3,(H,30,32)/t28-/m1/s1. The number of carbonyl (C=O) groups is 3. The SMILES string of the molecule is CC(=O)NC[C@@]1(C)CC(Cc2ccc(C3=CC=CC(C(=O)c4ccc([N+](=O)[O-])o4)=CC3)c(F)c2)=CC(=O)O1. The third-order valence-corrected chi connectivity index (χ3v) is 6.16. The van der Waals surface area contributed by atoms with Crippen LogP contribution in [0.3, 0.4) is 0 Å². The van der Waals surface area contributed by atoms with Crippen molar-refractivity contribution < 1.29 is 32.9 Å². The summed E-state index contributed by atoms with van der Waals surface area (Å²) < 4.78 is 25.6. The lowest BCUT2D eigenvalue weighted by atomic mass is 9.89. The van der Waals surface area contributed by atoms with Crippen LogP contribution in [0, 0.1) is 15.9 Å². The number of hydrogen-bond acceptors (Lipinski definition) is 7. The first-order valence-electron chi connectivity index (χ1n) is 11.8. The summed E-state index contributed by atoms with van der Waals surface area (Å²) in [5.41, 5.74) is 1.83. The number of halogens is 1. The molecule has 38 heavy (non-hydrogen) atoms. The van der Waals surface area contributed by atoms with Gasteiger partial charge in [-0.1, -0.05) is 42.0 Å². The molecule has 0 bridgehead atoms. The van der Waals surface area contributed by atoms with Gasteiger partial charge in [-0.2, -0.15) is 0 Å². The van der Waals surface area contributed by atoms with Gasteiger partial charge in [0, 0.05) is 30.6 Å². The monoisotopic (exact) mass is 520 g/mol. The first-order chi connectivity index (χ1) is 18.0. The highest BCUT2D eigenvalue weighted by Gasteiger charge is 2.33. The number of Topliss-reactive ketones (excluding diaryl/α,β-unsaturated/α-hetero) is 1. The number of benzene rings is 1. The van der Waals surface area contributed by atoms with Gasteiger partial charge in [-0.05, 0) is 43.0 Å². The first-order valence-corrected chi connectivity index (χ1v) is 11.8. The number of nitro groups is 1. The molecule has 0 spiro atoms. The van der Waals surface area contributed by atoms with Gasteiger partial charge in [0.25, 0.3) is 0 Å². The second kappa shape index (κ2) is 10.8. The van der Waals surface area contributed by atoms with Gasteiger partial charge in [0.1, 0.15) is 16.3 Å². The molecular formula is C28H25FN2O7. The lowest BCUT2D eigenvalue weighted by molar-refractivity contribution is -0.402. The van der Waals surface area contributed by atoms with Gasteiger partial charge in [-0.15, -0.1) is 0 Å². The molecule has 2 aliphatic rings. The molecule has 0 radical (unpaired) electrons. The van der Waals surface area contributed by atoms with E-state index in [1.807, 2.05) is 0 Å². The van der Waals surface area contributed by atoms with Crippen LogP contribution in [0.1, 0.15) is 48.4 Å². The number of cyclic esters (lactones) is 1. The molecule has 196 valence electrons. The highest BCUT2D eigenvalue weighted by molar-refractivity contribution is 6.09. The Labute approximate surface area is 217 Å². The van der Waals surface area contributed by atoms with E-state index in [-0.39, 0.29) is 30.2 Å². The number of allylic oxidation sites excluding steroid dienone is 6. The molecule has 2 aromatic rings. The second-order valence-corrected chi connectivity index (χ2v) is 9.39. The molecule has 1 atom stereocenters. The number of ether oxygens (including phenoxy) is 1. The quantitative estimate of drug-likeness (QED) is 0.229. The van der Waals surface area contributed by atoms with Crippen molar-refractivity contribution in [2.45, 2.75) is 38.7 Å². The summed E-state index contributed by atoms with van der Waals surface area (Å²) in [6.45, 7) is 3.30. The molecule has 1 aliphatic carbocycles. The predicted octanol–water partition coefficient (Wildman–Crippen LogP) is 4.79. The number of ketones is 1. The molecule has 0 unspecified atom stereocenters. The number of nitrogens with zero attached hydrogens (tertiary/aromatic N) is 1. The Morgan fingerprint density at radius 1 is 1.24 bits per heavy atom. The first kappa shape index (κ1) is 26.5. The van der Waals surface area contributed by atoms with Crippen LogP contribution in [-0.2, 0) is 20.7 Å². The summed E-state index contributed by atoms with van der Waals surface area (Å²) >= 11 is 0. The van der Waals surface area contributed by atoms with Crippen molar-refractivity contribution >= 4 is 29.1 Å². The molecule has 2 heterocycles. The molecule has 0 fully saturated rings. The largest absolute Gasteiger partial charge is 0.454 e. The molecule has 1 amide bonds. The maximum atomic E-state index is 15.2. The molecule has 1 aliphatic heterocycles. The zero-order valence-electron chi connectivity index (χ0n) is 20.8. The minimum Gasteiger partial charge on any atom is -0.454 e. The van der Waals surface area contributed by atoms with E-state index in [9.17, 15) is 24.5 Å². The normalized spacial score (nSPS) is 19.0. The van der Waals surface area contributed by atoms with E-state index in [4.69, 9.17) is 9.15 Å². The minimum absolute atomic E-state index is 0.152. The number of carbonyl (C=O) groups excluding carboxylic acids is 3. The van der Waals surface area contributed by atoms with Crippen LogP contribution in [-0.4, -0.2) is 34.7 Å². The predicted molar refractivity (Wildman–Crippen MR) is 135 cm³/mol. The molecule has 1 aromatic heterocycles. The number of amides is 1.